The van der Waals surface area contributed by atoms with Gasteiger partial charge in [0.1, 0.15) is 23.0 Å². The Bertz CT molecular complexity index is 829. The molecule has 0 bridgehead atoms. The number of alkyl halides is 3. The Morgan fingerprint density at radius 3 is 2.08 bits per heavy atom. The maximum Gasteiger partial charge on any atom is 0.422 e. The fourth-order valence-electron chi connectivity index (χ4n) is 2.14. The first kappa shape index (κ1) is 18.7. The molecule has 0 aromatic heterocycles. The van der Waals surface area contributed by atoms with E-state index in [0.29, 0.717) is 25.0 Å². The van der Waals surface area contributed by atoms with Crippen molar-refractivity contribution < 1.29 is 26.3 Å². The summed E-state index contributed by atoms with van der Waals surface area (Å²) in [4.78, 5) is 0. The molecule has 2 aromatic carbocycles. The predicted octanol–water partition coefficient (Wildman–Crippen LogP) is 5.64. The minimum absolute atomic E-state index is 0.0249. The SMILES string of the molecule is C=CCCc1ccc(C#Cc2cc(F)c(C(F)(F)F)c(F)c2)c(F)c1. The van der Waals surface area contributed by atoms with Crippen molar-refractivity contribution >= 4 is 0 Å². The number of allylic oxidation sites excluding steroid dienone is 1. The highest BCUT2D eigenvalue weighted by molar-refractivity contribution is 5.45. The third-order valence-corrected chi connectivity index (χ3v) is 3.34. The van der Waals surface area contributed by atoms with Crippen LogP contribution in [0.15, 0.2) is 43.0 Å². The van der Waals surface area contributed by atoms with Crippen molar-refractivity contribution in [3.05, 3.63) is 82.7 Å². The average Bonchev–Trinajstić information content (AvgIpc) is 2.50. The lowest BCUT2D eigenvalue weighted by Gasteiger charge is -2.09. The van der Waals surface area contributed by atoms with Gasteiger partial charge >= 0.3 is 6.18 Å². The fraction of sp³-hybridized carbons (Fsp3) is 0.158. The number of rotatable bonds is 3. The summed E-state index contributed by atoms with van der Waals surface area (Å²) < 4.78 is 78.4. The molecule has 0 nitrogen and oxygen atoms in total. The second-order valence-corrected chi connectivity index (χ2v) is 5.20. The number of hydrogen-bond acceptors (Lipinski definition) is 0. The zero-order chi connectivity index (χ0) is 18.6. The molecule has 0 unspecified atom stereocenters. The minimum atomic E-state index is -5.15. The molecule has 0 aliphatic carbocycles. The summed E-state index contributed by atoms with van der Waals surface area (Å²) in [7, 11) is 0. The van der Waals surface area contributed by atoms with Gasteiger partial charge in [-0.15, -0.1) is 6.58 Å². The molecule has 2 aromatic rings. The molecule has 0 fully saturated rings. The van der Waals surface area contributed by atoms with E-state index in [1.807, 2.05) is 0 Å². The third kappa shape index (κ3) is 4.66. The van der Waals surface area contributed by atoms with Gasteiger partial charge in [0.2, 0.25) is 0 Å². The Morgan fingerprint density at radius 2 is 1.56 bits per heavy atom. The molecule has 0 heterocycles. The Hall–Kier alpha value is -2.68. The Kier molecular flexibility index (Phi) is 5.58. The van der Waals surface area contributed by atoms with Gasteiger partial charge in [0, 0.05) is 5.56 Å². The van der Waals surface area contributed by atoms with E-state index in [-0.39, 0.29) is 11.1 Å². The summed E-state index contributed by atoms with van der Waals surface area (Å²) in [5.41, 5.74) is -1.59. The standard InChI is InChI=1S/C19H12F6/c1-2-3-4-12-5-7-14(15(20)9-12)8-6-13-10-16(21)18(17(22)11-13)19(23,24)25/h2,5,7,9-11H,1,3-4H2. The van der Waals surface area contributed by atoms with Crippen LogP contribution in [0.1, 0.15) is 28.7 Å². The van der Waals surface area contributed by atoms with Crippen LogP contribution < -0.4 is 0 Å². The Labute approximate surface area is 140 Å². The highest BCUT2D eigenvalue weighted by Crippen LogP contribution is 2.33. The van der Waals surface area contributed by atoms with E-state index in [0.717, 1.165) is 5.56 Å². The number of halogens is 6. The molecule has 0 saturated carbocycles. The first-order chi connectivity index (χ1) is 11.7. The van der Waals surface area contributed by atoms with E-state index in [9.17, 15) is 26.3 Å². The van der Waals surface area contributed by atoms with Gasteiger partial charge in [0.05, 0.1) is 5.56 Å². The molecule has 0 amide bonds. The zero-order valence-corrected chi connectivity index (χ0v) is 12.9. The van der Waals surface area contributed by atoms with Crippen LogP contribution in [0.5, 0.6) is 0 Å². The monoisotopic (exact) mass is 354 g/mol. The largest absolute Gasteiger partial charge is 0.422 e. The molecule has 2 rings (SSSR count). The fourth-order valence-corrected chi connectivity index (χ4v) is 2.14. The molecule has 25 heavy (non-hydrogen) atoms. The minimum Gasteiger partial charge on any atom is -0.206 e. The van der Waals surface area contributed by atoms with Crippen molar-refractivity contribution in [1.82, 2.24) is 0 Å². The lowest BCUT2D eigenvalue weighted by atomic mass is 10.1. The van der Waals surface area contributed by atoms with Crippen LogP contribution in [-0.2, 0) is 12.6 Å². The van der Waals surface area contributed by atoms with Gasteiger partial charge in [0.25, 0.3) is 0 Å². The Morgan fingerprint density at radius 1 is 0.920 bits per heavy atom. The normalized spacial score (nSPS) is 11.0. The van der Waals surface area contributed by atoms with Crippen molar-refractivity contribution in [2.24, 2.45) is 0 Å². The summed E-state index contributed by atoms with van der Waals surface area (Å²) in [6.45, 7) is 3.57. The van der Waals surface area contributed by atoms with E-state index >= 15 is 0 Å². The zero-order valence-electron chi connectivity index (χ0n) is 12.9. The third-order valence-electron chi connectivity index (χ3n) is 3.34. The predicted molar refractivity (Wildman–Crippen MR) is 82.3 cm³/mol. The van der Waals surface area contributed by atoms with Gasteiger partial charge in [-0.25, -0.2) is 13.2 Å². The van der Waals surface area contributed by atoms with Crippen molar-refractivity contribution in [2.75, 3.05) is 0 Å². The summed E-state index contributed by atoms with van der Waals surface area (Å²) >= 11 is 0. The second kappa shape index (κ2) is 7.47. The van der Waals surface area contributed by atoms with Crippen LogP contribution in [0.25, 0.3) is 0 Å². The van der Waals surface area contributed by atoms with Crippen LogP contribution in [0.2, 0.25) is 0 Å². The average molecular weight is 354 g/mol. The van der Waals surface area contributed by atoms with Crippen LogP contribution in [-0.4, -0.2) is 0 Å². The maximum absolute atomic E-state index is 13.9. The van der Waals surface area contributed by atoms with E-state index < -0.39 is 29.2 Å². The quantitative estimate of drug-likeness (QED) is 0.380. The summed E-state index contributed by atoms with van der Waals surface area (Å²) in [6, 6.07) is 5.26. The maximum atomic E-state index is 13.9. The van der Waals surface area contributed by atoms with E-state index in [2.05, 4.69) is 18.4 Å². The van der Waals surface area contributed by atoms with Gasteiger partial charge in [-0.3, -0.25) is 0 Å². The van der Waals surface area contributed by atoms with Gasteiger partial charge in [-0.1, -0.05) is 24.0 Å². The molecule has 0 spiro atoms. The molecule has 0 aliphatic rings. The first-order valence-corrected chi connectivity index (χ1v) is 7.20. The molecule has 130 valence electrons. The highest BCUT2D eigenvalue weighted by atomic mass is 19.4. The molecule has 0 aliphatic heterocycles. The lowest BCUT2D eigenvalue weighted by molar-refractivity contribution is -0.142. The molecule has 0 atom stereocenters. The molecule has 0 saturated heterocycles. The molecule has 0 radical (unpaired) electrons. The van der Waals surface area contributed by atoms with Crippen LogP contribution in [0.4, 0.5) is 26.3 Å². The number of hydrogen-bond donors (Lipinski definition) is 0. The molecule has 6 heteroatoms. The van der Waals surface area contributed by atoms with Crippen molar-refractivity contribution in [2.45, 2.75) is 19.0 Å². The Balaban J connectivity index is 2.31. The van der Waals surface area contributed by atoms with Gasteiger partial charge < -0.3 is 0 Å². The molecular formula is C19H12F6. The van der Waals surface area contributed by atoms with E-state index in [1.54, 1.807) is 12.1 Å². The summed E-state index contributed by atoms with van der Waals surface area (Å²) in [6.07, 6.45) is -2.18. The van der Waals surface area contributed by atoms with E-state index in [4.69, 9.17) is 0 Å². The first-order valence-electron chi connectivity index (χ1n) is 7.20. The molecule has 0 N–H and O–H groups in total. The summed E-state index contributed by atoms with van der Waals surface area (Å²) in [5.74, 6) is 0.480. The van der Waals surface area contributed by atoms with Gasteiger partial charge in [0.15, 0.2) is 0 Å². The number of aryl methyl sites for hydroxylation is 1. The van der Waals surface area contributed by atoms with E-state index in [1.165, 1.54) is 12.1 Å². The smallest absolute Gasteiger partial charge is 0.206 e. The second-order valence-electron chi connectivity index (χ2n) is 5.20. The van der Waals surface area contributed by atoms with Crippen molar-refractivity contribution in [3.8, 4) is 11.8 Å². The number of benzene rings is 2. The van der Waals surface area contributed by atoms with Crippen LogP contribution in [0, 0.1) is 29.3 Å². The van der Waals surface area contributed by atoms with Crippen LogP contribution in [0.3, 0.4) is 0 Å². The van der Waals surface area contributed by atoms with Crippen LogP contribution >= 0.6 is 0 Å². The summed E-state index contributed by atoms with van der Waals surface area (Å²) in [5, 5.41) is 0. The van der Waals surface area contributed by atoms with Gasteiger partial charge in [-0.05, 0) is 42.7 Å². The highest BCUT2D eigenvalue weighted by Gasteiger charge is 2.37. The van der Waals surface area contributed by atoms with Gasteiger partial charge in [-0.2, -0.15) is 13.2 Å². The lowest BCUT2D eigenvalue weighted by Crippen LogP contribution is -2.11. The topological polar surface area (TPSA) is 0 Å². The van der Waals surface area contributed by atoms with Crippen molar-refractivity contribution in [1.29, 1.82) is 0 Å². The molecular weight excluding hydrogens is 342 g/mol. The van der Waals surface area contributed by atoms with Crippen molar-refractivity contribution in [3.63, 3.8) is 0 Å².